The molecule has 0 unspecified atom stereocenters. The van der Waals surface area contributed by atoms with Crippen LogP contribution < -0.4 is 22.3 Å². The number of carbonyl (C=O) groups is 1. The summed E-state index contributed by atoms with van der Waals surface area (Å²) in [4.78, 5) is 35.2. The molecule has 0 aromatic carbocycles. The molecular formula is C12H20N4O3. The SMILES string of the molecule is CC(C)(C)NC(=O)Cn1ccc(=O)n(CCN)c1=O. The van der Waals surface area contributed by atoms with Crippen molar-refractivity contribution in [2.75, 3.05) is 6.54 Å². The molecule has 0 saturated carbocycles. The fourth-order valence-corrected chi connectivity index (χ4v) is 1.62. The second-order valence-electron chi connectivity index (χ2n) is 5.30. The monoisotopic (exact) mass is 268 g/mol. The molecule has 0 aliphatic heterocycles. The molecule has 0 aliphatic rings. The zero-order chi connectivity index (χ0) is 14.6. The highest BCUT2D eigenvalue weighted by Gasteiger charge is 2.15. The number of hydrogen-bond acceptors (Lipinski definition) is 4. The Bertz CT molecular complexity index is 566. The van der Waals surface area contributed by atoms with Gasteiger partial charge in [0.15, 0.2) is 0 Å². The van der Waals surface area contributed by atoms with Crippen LogP contribution in [0.1, 0.15) is 20.8 Å². The van der Waals surface area contributed by atoms with Crippen molar-refractivity contribution in [2.45, 2.75) is 39.4 Å². The second-order valence-corrected chi connectivity index (χ2v) is 5.30. The van der Waals surface area contributed by atoms with E-state index in [0.29, 0.717) is 0 Å². The molecule has 106 valence electrons. The summed E-state index contributed by atoms with van der Waals surface area (Å²) in [6, 6.07) is 1.25. The summed E-state index contributed by atoms with van der Waals surface area (Å²) in [5, 5.41) is 2.75. The van der Waals surface area contributed by atoms with Gasteiger partial charge in [0.25, 0.3) is 5.56 Å². The molecule has 19 heavy (non-hydrogen) atoms. The van der Waals surface area contributed by atoms with Crippen LogP contribution in [0.15, 0.2) is 21.9 Å². The van der Waals surface area contributed by atoms with E-state index in [4.69, 9.17) is 5.73 Å². The molecule has 0 aliphatic carbocycles. The Balaban J connectivity index is 2.97. The lowest BCUT2D eigenvalue weighted by Gasteiger charge is -2.20. The third-order valence-corrected chi connectivity index (χ3v) is 2.32. The van der Waals surface area contributed by atoms with Gasteiger partial charge in [-0.2, -0.15) is 0 Å². The van der Waals surface area contributed by atoms with Crippen LogP contribution in [0, 0.1) is 0 Å². The van der Waals surface area contributed by atoms with E-state index in [0.717, 1.165) is 4.57 Å². The Morgan fingerprint density at radius 1 is 1.37 bits per heavy atom. The lowest BCUT2D eigenvalue weighted by atomic mass is 10.1. The zero-order valence-electron chi connectivity index (χ0n) is 11.5. The summed E-state index contributed by atoms with van der Waals surface area (Å²) < 4.78 is 2.21. The predicted octanol–water partition coefficient (Wildman–Crippen LogP) is -1.12. The number of aromatic nitrogens is 2. The molecule has 1 amide bonds. The molecule has 0 radical (unpaired) electrons. The van der Waals surface area contributed by atoms with Crippen molar-refractivity contribution < 1.29 is 4.79 Å². The third-order valence-electron chi connectivity index (χ3n) is 2.32. The number of carbonyl (C=O) groups excluding carboxylic acids is 1. The van der Waals surface area contributed by atoms with Gasteiger partial charge in [-0.3, -0.25) is 18.7 Å². The first-order valence-corrected chi connectivity index (χ1v) is 6.06. The first kappa shape index (κ1) is 15.2. The van der Waals surface area contributed by atoms with Gasteiger partial charge in [-0.15, -0.1) is 0 Å². The van der Waals surface area contributed by atoms with Crippen LogP contribution in [0.5, 0.6) is 0 Å². The van der Waals surface area contributed by atoms with Crippen LogP contribution in [0.4, 0.5) is 0 Å². The fraction of sp³-hybridized carbons (Fsp3) is 0.583. The topological polar surface area (TPSA) is 99.1 Å². The number of hydrogen-bond donors (Lipinski definition) is 2. The molecule has 3 N–H and O–H groups in total. The van der Waals surface area contributed by atoms with Crippen molar-refractivity contribution in [1.82, 2.24) is 14.5 Å². The normalized spacial score (nSPS) is 11.4. The summed E-state index contributed by atoms with van der Waals surface area (Å²) in [6.07, 6.45) is 1.32. The van der Waals surface area contributed by atoms with Gasteiger partial charge in [-0.05, 0) is 20.8 Å². The summed E-state index contributed by atoms with van der Waals surface area (Å²) >= 11 is 0. The summed E-state index contributed by atoms with van der Waals surface area (Å²) in [7, 11) is 0. The Morgan fingerprint density at radius 2 is 2.00 bits per heavy atom. The minimum absolute atomic E-state index is 0.124. The van der Waals surface area contributed by atoms with E-state index >= 15 is 0 Å². The van der Waals surface area contributed by atoms with Crippen molar-refractivity contribution in [3.63, 3.8) is 0 Å². The zero-order valence-corrected chi connectivity index (χ0v) is 11.5. The van der Waals surface area contributed by atoms with Gasteiger partial charge in [0.2, 0.25) is 5.91 Å². The van der Waals surface area contributed by atoms with E-state index < -0.39 is 11.2 Å². The molecule has 1 aromatic rings. The van der Waals surface area contributed by atoms with Gasteiger partial charge in [-0.1, -0.05) is 0 Å². The average Bonchev–Trinajstić information content (AvgIpc) is 2.26. The maximum absolute atomic E-state index is 12.0. The molecular weight excluding hydrogens is 248 g/mol. The van der Waals surface area contributed by atoms with Gasteiger partial charge in [0.05, 0.1) is 0 Å². The Kier molecular flexibility index (Phi) is 4.66. The number of amides is 1. The smallest absolute Gasteiger partial charge is 0.331 e. The van der Waals surface area contributed by atoms with Crippen LogP contribution in [0.25, 0.3) is 0 Å². The maximum Gasteiger partial charge on any atom is 0.331 e. The van der Waals surface area contributed by atoms with E-state index in [9.17, 15) is 14.4 Å². The standard InChI is InChI=1S/C12H20N4O3/c1-12(2,3)14-9(17)8-15-6-4-10(18)16(7-5-13)11(15)19/h4,6H,5,7-8,13H2,1-3H3,(H,14,17). The Morgan fingerprint density at radius 3 is 2.53 bits per heavy atom. The first-order valence-electron chi connectivity index (χ1n) is 6.06. The molecule has 0 atom stereocenters. The molecule has 1 aromatic heterocycles. The minimum Gasteiger partial charge on any atom is -0.350 e. The third kappa shape index (κ3) is 4.36. The van der Waals surface area contributed by atoms with Gasteiger partial charge < -0.3 is 11.1 Å². The van der Waals surface area contributed by atoms with Crippen molar-refractivity contribution >= 4 is 5.91 Å². The van der Waals surface area contributed by atoms with E-state index in [1.165, 1.54) is 16.8 Å². The van der Waals surface area contributed by atoms with E-state index in [2.05, 4.69) is 5.32 Å². The molecule has 7 nitrogen and oxygen atoms in total. The first-order chi connectivity index (χ1) is 8.74. The highest BCUT2D eigenvalue weighted by Crippen LogP contribution is 1.98. The van der Waals surface area contributed by atoms with Crippen LogP contribution in [-0.2, 0) is 17.9 Å². The summed E-state index contributed by atoms with van der Waals surface area (Å²) in [5.41, 5.74) is 4.04. The highest BCUT2D eigenvalue weighted by molar-refractivity contribution is 5.76. The quantitative estimate of drug-likeness (QED) is 0.722. The van der Waals surface area contributed by atoms with E-state index in [1.807, 2.05) is 20.8 Å². The number of nitrogens with one attached hydrogen (secondary N) is 1. The maximum atomic E-state index is 12.0. The minimum atomic E-state index is -0.526. The van der Waals surface area contributed by atoms with Crippen LogP contribution in [0.3, 0.4) is 0 Å². The Labute approximate surface area is 111 Å². The predicted molar refractivity (Wildman–Crippen MR) is 71.9 cm³/mol. The van der Waals surface area contributed by atoms with Gasteiger partial charge in [0.1, 0.15) is 6.54 Å². The second kappa shape index (κ2) is 5.83. The molecule has 0 bridgehead atoms. The fourth-order valence-electron chi connectivity index (χ4n) is 1.62. The number of nitrogens with zero attached hydrogens (tertiary/aromatic N) is 2. The Hall–Kier alpha value is -1.89. The molecule has 1 heterocycles. The molecule has 1 rings (SSSR count). The lowest BCUT2D eigenvalue weighted by Crippen LogP contribution is -2.46. The van der Waals surface area contributed by atoms with E-state index in [-0.39, 0.29) is 31.1 Å². The van der Waals surface area contributed by atoms with Crippen molar-refractivity contribution in [3.05, 3.63) is 33.1 Å². The molecule has 7 heteroatoms. The number of nitrogens with two attached hydrogens (primary N) is 1. The summed E-state index contributed by atoms with van der Waals surface area (Å²) in [6.45, 7) is 5.75. The number of rotatable bonds is 4. The van der Waals surface area contributed by atoms with Crippen molar-refractivity contribution in [3.8, 4) is 0 Å². The highest BCUT2D eigenvalue weighted by atomic mass is 16.2. The largest absolute Gasteiger partial charge is 0.350 e. The van der Waals surface area contributed by atoms with Crippen LogP contribution >= 0.6 is 0 Å². The molecule has 0 fully saturated rings. The van der Waals surface area contributed by atoms with Gasteiger partial charge >= 0.3 is 5.69 Å². The average molecular weight is 268 g/mol. The van der Waals surface area contributed by atoms with Crippen LogP contribution in [0.2, 0.25) is 0 Å². The van der Waals surface area contributed by atoms with Gasteiger partial charge in [-0.25, -0.2) is 4.79 Å². The molecule has 0 saturated heterocycles. The van der Waals surface area contributed by atoms with Crippen LogP contribution in [-0.4, -0.2) is 27.1 Å². The molecule has 0 spiro atoms. The van der Waals surface area contributed by atoms with Gasteiger partial charge in [0, 0.05) is 30.9 Å². The lowest BCUT2D eigenvalue weighted by molar-refractivity contribution is -0.123. The summed E-state index contributed by atoms with van der Waals surface area (Å²) in [5.74, 6) is -0.285. The van der Waals surface area contributed by atoms with Crippen molar-refractivity contribution in [1.29, 1.82) is 0 Å². The van der Waals surface area contributed by atoms with E-state index in [1.54, 1.807) is 0 Å². The van der Waals surface area contributed by atoms with Crippen molar-refractivity contribution in [2.24, 2.45) is 5.73 Å².